The molecule has 2 saturated heterocycles. The fourth-order valence-electron chi connectivity index (χ4n) is 3.22. The molecule has 2 bridgehead atoms. The Labute approximate surface area is 100 Å². The molecule has 2 aliphatic heterocycles. The fraction of sp³-hybridized carbons (Fsp3) is 1.00. The maximum Gasteiger partial charge on any atom is 0.0651 e. The minimum absolute atomic E-state index is 0.296. The average Bonchev–Trinajstić information content (AvgIpc) is 2.23. The van der Waals surface area contributed by atoms with Crippen molar-refractivity contribution < 1.29 is 4.74 Å². The van der Waals surface area contributed by atoms with Gasteiger partial charge in [0.25, 0.3) is 0 Å². The van der Waals surface area contributed by atoms with Crippen LogP contribution in [0.5, 0.6) is 0 Å². The standard InChI is InChI=1S/C14H27NO/c1-12(2)16-11-14(4)8-7-13(3)6-5-9-15(14)10-13/h12H,5-11H2,1-4H3/t13-,14+/m0/s1. The molecule has 2 heterocycles. The zero-order valence-corrected chi connectivity index (χ0v) is 11.4. The highest BCUT2D eigenvalue weighted by Gasteiger charge is 2.45. The Bertz CT molecular complexity index is 249. The monoisotopic (exact) mass is 225 g/mol. The molecule has 0 spiro atoms. The van der Waals surface area contributed by atoms with Crippen molar-refractivity contribution in [2.45, 2.75) is 65.0 Å². The van der Waals surface area contributed by atoms with Crippen LogP contribution in [0.25, 0.3) is 0 Å². The van der Waals surface area contributed by atoms with Gasteiger partial charge >= 0.3 is 0 Å². The van der Waals surface area contributed by atoms with Gasteiger partial charge in [-0.3, -0.25) is 4.90 Å². The van der Waals surface area contributed by atoms with E-state index in [0.717, 1.165) is 6.61 Å². The molecule has 2 nitrogen and oxygen atoms in total. The highest BCUT2D eigenvalue weighted by Crippen LogP contribution is 2.44. The van der Waals surface area contributed by atoms with Crippen molar-refractivity contribution >= 4 is 0 Å². The van der Waals surface area contributed by atoms with Crippen molar-refractivity contribution in [2.24, 2.45) is 5.41 Å². The van der Waals surface area contributed by atoms with E-state index in [1.165, 1.54) is 38.8 Å². The number of hydrogen-bond acceptors (Lipinski definition) is 2. The average molecular weight is 225 g/mol. The molecule has 0 aromatic rings. The predicted molar refractivity (Wildman–Crippen MR) is 67.6 cm³/mol. The molecular weight excluding hydrogens is 198 g/mol. The Morgan fingerprint density at radius 3 is 2.62 bits per heavy atom. The van der Waals surface area contributed by atoms with Crippen molar-refractivity contribution in [1.82, 2.24) is 4.90 Å². The summed E-state index contributed by atoms with van der Waals surface area (Å²) in [4.78, 5) is 2.68. The molecule has 94 valence electrons. The van der Waals surface area contributed by atoms with E-state index in [1.54, 1.807) is 0 Å². The number of hydrogen-bond donors (Lipinski definition) is 0. The summed E-state index contributed by atoms with van der Waals surface area (Å²) in [5.74, 6) is 0. The lowest BCUT2D eigenvalue weighted by Gasteiger charge is -2.55. The first kappa shape index (κ1) is 12.4. The van der Waals surface area contributed by atoms with E-state index < -0.39 is 0 Å². The molecule has 2 aliphatic rings. The van der Waals surface area contributed by atoms with Crippen molar-refractivity contribution in [3.63, 3.8) is 0 Å². The van der Waals surface area contributed by atoms with Gasteiger partial charge in [0.15, 0.2) is 0 Å². The van der Waals surface area contributed by atoms with Gasteiger partial charge < -0.3 is 4.74 Å². The van der Waals surface area contributed by atoms with Gasteiger partial charge in [0.2, 0.25) is 0 Å². The maximum absolute atomic E-state index is 5.87. The second kappa shape index (κ2) is 4.30. The van der Waals surface area contributed by atoms with Crippen LogP contribution in [-0.4, -0.2) is 36.2 Å². The first-order valence-electron chi connectivity index (χ1n) is 6.80. The van der Waals surface area contributed by atoms with Crippen LogP contribution in [0.3, 0.4) is 0 Å². The second-order valence-corrected chi connectivity index (χ2v) is 6.69. The molecule has 16 heavy (non-hydrogen) atoms. The Morgan fingerprint density at radius 2 is 1.94 bits per heavy atom. The van der Waals surface area contributed by atoms with Gasteiger partial charge in [-0.2, -0.15) is 0 Å². The summed E-state index contributed by atoms with van der Waals surface area (Å²) in [5, 5.41) is 0. The lowest BCUT2D eigenvalue weighted by Crippen LogP contribution is -2.60. The lowest BCUT2D eigenvalue weighted by atomic mass is 9.70. The zero-order chi connectivity index (χ0) is 11.8. The molecule has 2 heteroatoms. The molecule has 0 aliphatic carbocycles. The first-order valence-corrected chi connectivity index (χ1v) is 6.80. The van der Waals surface area contributed by atoms with Crippen LogP contribution >= 0.6 is 0 Å². The molecule has 2 fully saturated rings. The SMILES string of the molecule is CC(C)OC[C@@]1(C)CC[C@]2(C)CCCN1C2. The summed E-state index contributed by atoms with van der Waals surface area (Å²) >= 11 is 0. The van der Waals surface area contributed by atoms with Gasteiger partial charge in [-0.15, -0.1) is 0 Å². The van der Waals surface area contributed by atoms with E-state index >= 15 is 0 Å². The Balaban J connectivity index is 2.00. The molecular formula is C14H27NO. The summed E-state index contributed by atoms with van der Waals surface area (Å²) in [7, 11) is 0. The van der Waals surface area contributed by atoms with Gasteiger partial charge in [0, 0.05) is 12.1 Å². The summed E-state index contributed by atoms with van der Waals surface area (Å²) in [6, 6.07) is 0. The molecule has 0 radical (unpaired) electrons. The van der Waals surface area contributed by atoms with E-state index in [9.17, 15) is 0 Å². The molecule has 0 aromatic heterocycles. The van der Waals surface area contributed by atoms with Gasteiger partial charge in [0.05, 0.1) is 12.7 Å². The fourth-order valence-corrected chi connectivity index (χ4v) is 3.22. The second-order valence-electron chi connectivity index (χ2n) is 6.69. The van der Waals surface area contributed by atoms with Crippen LogP contribution in [-0.2, 0) is 4.74 Å². The highest BCUT2D eigenvalue weighted by molar-refractivity contribution is 4.99. The minimum atomic E-state index is 0.296. The molecule has 0 amide bonds. The molecule has 1 unspecified atom stereocenters. The van der Waals surface area contributed by atoms with Crippen molar-refractivity contribution in [2.75, 3.05) is 19.7 Å². The summed E-state index contributed by atoms with van der Waals surface area (Å²) in [5.41, 5.74) is 0.889. The number of nitrogens with zero attached hydrogens (tertiary/aromatic N) is 1. The Morgan fingerprint density at radius 1 is 1.19 bits per heavy atom. The Hall–Kier alpha value is -0.0800. The van der Waals surface area contributed by atoms with Crippen LogP contribution in [0.1, 0.15) is 53.4 Å². The van der Waals surface area contributed by atoms with E-state index in [2.05, 4.69) is 32.6 Å². The summed E-state index contributed by atoms with van der Waals surface area (Å²) in [6.07, 6.45) is 5.82. The zero-order valence-electron chi connectivity index (χ0n) is 11.4. The van der Waals surface area contributed by atoms with Crippen LogP contribution < -0.4 is 0 Å². The van der Waals surface area contributed by atoms with Crippen LogP contribution in [0, 0.1) is 5.41 Å². The number of rotatable bonds is 3. The van der Waals surface area contributed by atoms with Gasteiger partial charge in [-0.05, 0) is 58.4 Å². The van der Waals surface area contributed by atoms with E-state index in [0.29, 0.717) is 17.1 Å². The third-order valence-corrected chi connectivity index (χ3v) is 4.54. The van der Waals surface area contributed by atoms with E-state index in [1.807, 2.05) is 0 Å². The first-order chi connectivity index (χ1) is 7.44. The van der Waals surface area contributed by atoms with Crippen molar-refractivity contribution in [1.29, 1.82) is 0 Å². The molecule has 3 atom stereocenters. The number of ether oxygens (including phenoxy) is 1. The van der Waals surface area contributed by atoms with Crippen LogP contribution in [0.15, 0.2) is 0 Å². The van der Waals surface area contributed by atoms with E-state index in [-0.39, 0.29) is 0 Å². The minimum Gasteiger partial charge on any atom is -0.377 e. The largest absolute Gasteiger partial charge is 0.377 e. The lowest BCUT2D eigenvalue weighted by molar-refractivity contribution is -0.0906. The quantitative estimate of drug-likeness (QED) is 0.732. The number of fused-ring (bicyclic) bond motifs is 2. The van der Waals surface area contributed by atoms with E-state index in [4.69, 9.17) is 4.74 Å². The number of piperidine rings is 2. The third-order valence-electron chi connectivity index (χ3n) is 4.54. The van der Waals surface area contributed by atoms with Gasteiger partial charge in [-0.1, -0.05) is 6.92 Å². The molecule has 0 aromatic carbocycles. The van der Waals surface area contributed by atoms with Gasteiger partial charge in [0.1, 0.15) is 0 Å². The third kappa shape index (κ3) is 2.43. The summed E-state index contributed by atoms with van der Waals surface area (Å²) in [6.45, 7) is 12.6. The topological polar surface area (TPSA) is 12.5 Å². The summed E-state index contributed by atoms with van der Waals surface area (Å²) < 4.78 is 5.87. The Kier molecular flexibility index (Phi) is 3.33. The molecule has 0 N–H and O–H groups in total. The van der Waals surface area contributed by atoms with Crippen molar-refractivity contribution in [3.05, 3.63) is 0 Å². The van der Waals surface area contributed by atoms with Crippen LogP contribution in [0.4, 0.5) is 0 Å². The maximum atomic E-state index is 5.87. The molecule has 0 saturated carbocycles. The molecule has 2 rings (SSSR count). The highest BCUT2D eigenvalue weighted by atomic mass is 16.5. The smallest absolute Gasteiger partial charge is 0.0651 e. The van der Waals surface area contributed by atoms with Crippen molar-refractivity contribution in [3.8, 4) is 0 Å². The van der Waals surface area contributed by atoms with Crippen LogP contribution in [0.2, 0.25) is 0 Å². The normalized spacial score (nSPS) is 43.7. The predicted octanol–water partition coefficient (Wildman–Crippen LogP) is 3.07. The van der Waals surface area contributed by atoms with Gasteiger partial charge in [-0.25, -0.2) is 0 Å².